The number of nitrogens with zero attached hydrogens (tertiary/aromatic N) is 2. The molecule has 0 aliphatic heterocycles. The van der Waals surface area contributed by atoms with Gasteiger partial charge in [0.05, 0.1) is 18.0 Å². The van der Waals surface area contributed by atoms with Crippen LogP contribution in [-0.2, 0) is 4.74 Å². The Bertz CT molecular complexity index is 680. The summed E-state index contributed by atoms with van der Waals surface area (Å²) in [5.41, 5.74) is 6.88. The number of H-pyrrole nitrogens is 1. The highest BCUT2D eigenvalue weighted by molar-refractivity contribution is 7.71. The Morgan fingerprint density at radius 2 is 2.37 bits per heavy atom. The van der Waals surface area contributed by atoms with Gasteiger partial charge in [-0.15, -0.1) is 5.10 Å². The largest absolute Gasteiger partial charge is 0.461 e. The van der Waals surface area contributed by atoms with Crippen molar-refractivity contribution in [3.8, 4) is 5.69 Å². The molecule has 1 aromatic heterocycles. The highest BCUT2D eigenvalue weighted by Crippen LogP contribution is 2.21. The van der Waals surface area contributed by atoms with Gasteiger partial charge in [-0.3, -0.25) is 0 Å². The number of aromatic amines is 1. The number of ether oxygens (including phenoxy) is 1. The molecule has 19 heavy (non-hydrogen) atoms. The lowest BCUT2D eigenvalue weighted by atomic mass is 10.3. The first kappa shape index (κ1) is 13.6. The molecule has 0 radical (unpaired) electrons. The first-order valence-electron chi connectivity index (χ1n) is 5.44. The SMILES string of the molecule is CCOC(=O)c1n[nH]n(-c2ccc(Cl)cc2N)c1=S. The number of rotatable bonds is 3. The number of aromatic nitrogens is 3. The maximum Gasteiger partial charge on any atom is 0.362 e. The zero-order valence-corrected chi connectivity index (χ0v) is 11.6. The van der Waals surface area contributed by atoms with Gasteiger partial charge in [0.2, 0.25) is 5.69 Å². The smallest absolute Gasteiger partial charge is 0.362 e. The van der Waals surface area contributed by atoms with E-state index in [1.165, 1.54) is 4.68 Å². The van der Waals surface area contributed by atoms with Crippen LogP contribution in [0.1, 0.15) is 17.4 Å². The fourth-order valence-electron chi connectivity index (χ4n) is 1.52. The van der Waals surface area contributed by atoms with Crippen molar-refractivity contribution in [2.45, 2.75) is 6.92 Å². The summed E-state index contributed by atoms with van der Waals surface area (Å²) in [5, 5.41) is 6.99. The van der Waals surface area contributed by atoms with E-state index in [9.17, 15) is 4.79 Å². The van der Waals surface area contributed by atoms with E-state index in [1.807, 2.05) is 0 Å². The Kier molecular flexibility index (Phi) is 3.87. The normalized spacial score (nSPS) is 10.4. The number of hydrogen-bond donors (Lipinski definition) is 2. The number of benzene rings is 1. The van der Waals surface area contributed by atoms with Crippen molar-refractivity contribution in [1.82, 2.24) is 15.0 Å². The molecule has 0 amide bonds. The van der Waals surface area contributed by atoms with Crippen LogP contribution in [0.5, 0.6) is 0 Å². The maximum atomic E-state index is 11.6. The van der Waals surface area contributed by atoms with E-state index in [4.69, 9.17) is 34.3 Å². The summed E-state index contributed by atoms with van der Waals surface area (Å²) >= 11 is 11.0. The molecule has 1 aromatic carbocycles. The highest BCUT2D eigenvalue weighted by Gasteiger charge is 2.16. The van der Waals surface area contributed by atoms with Crippen molar-refractivity contribution in [2.75, 3.05) is 12.3 Å². The third-order valence-corrected chi connectivity index (χ3v) is 2.98. The Labute approximate surface area is 119 Å². The molecule has 100 valence electrons. The number of esters is 1. The summed E-state index contributed by atoms with van der Waals surface area (Å²) in [7, 11) is 0. The lowest BCUT2D eigenvalue weighted by Crippen LogP contribution is -2.06. The third kappa shape index (κ3) is 2.61. The summed E-state index contributed by atoms with van der Waals surface area (Å²) in [6.45, 7) is 1.96. The van der Waals surface area contributed by atoms with Crippen LogP contribution in [0.2, 0.25) is 5.02 Å². The van der Waals surface area contributed by atoms with E-state index in [1.54, 1.807) is 25.1 Å². The molecule has 6 nitrogen and oxygen atoms in total. The van der Waals surface area contributed by atoms with Crippen molar-refractivity contribution >= 4 is 35.5 Å². The zero-order chi connectivity index (χ0) is 14.0. The van der Waals surface area contributed by atoms with Crippen molar-refractivity contribution in [3.05, 3.63) is 33.6 Å². The van der Waals surface area contributed by atoms with Gasteiger partial charge in [-0.2, -0.15) is 0 Å². The highest BCUT2D eigenvalue weighted by atomic mass is 35.5. The van der Waals surface area contributed by atoms with Gasteiger partial charge in [-0.1, -0.05) is 23.8 Å². The number of nitrogen functional groups attached to an aromatic ring is 1. The number of nitrogens with two attached hydrogens (primary N) is 1. The second-order valence-corrected chi connectivity index (χ2v) is 4.45. The number of carbonyl (C=O) groups excluding carboxylic acids is 1. The number of halogens is 1. The lowest BCUT2D eigenvalue weighted by molar-refractivity contribution is 0.0518. The van der Waals surface area contributed by atoms with E-state index in [0.717, 1.165) is 0 Å². The second-order valence-electron chi connectivity index (χ2n) is 3.62. The summed E-state index contributed by atoms with van der Waals surface area (Å²) in [6.07, 6.45) is 0. The van der Waals surface area contributed by atoms with Crippen molar-refractivity contribution in [1.29, 1.82) is 0 Å². The quantitative estimate of drug-likeness (QED) is 0.516. The van der Waals surface area contributed by atoms with Gasteiger partial charge in [-0.05, 0) is 25.1 Å². The van der Waals surface area contributed by atoms with Gasteiger partial charge in [0.25, 0.3) is 0 Å². The van der Waals surface area contributed by atoms with Crippen LogP contribution >= 0.6 is 23.8 Å². The molecule has 1 heterocycles. The summed E-state index contributed by atoms with van der Waals surface area (Å²) < 4.78 is 6.48. The molecule has 0 atom stereocenters. The molecule has 2 rings (SSSR count). The topological polar surface area (TPSA) is 85.9 Å². The maximum absolute atomic E-state index is 11.6. The third-order valence-electron chi connectivity index (χ3n) is 2.37. The van der Waals surface area contributed by atoms with Crippen LogP contribution in [0.25, 0.3) is 5.69 Å². The zero-order valence-electron chi connectivity index (χ0n) is 10.0. The van der Waals surface area contributed by atoms with Gasteiger partial charge in [0.1, 0.15) is 0 Å². The summed E-state index contributed by atoms with van der Waals surface area (Å²) in [4.78, 5) is 11.6. The monoisotopic (exact) mass is 298 g/mol. The lowest BCUT2D eigenvalue weighted by Gasteiger charge is -2.05. The van der Waals surface area contributed by atoms with Gasteiger partial charge >= 0.3 is 5.97 Å². The molecule has 0 saturated heterocycles. The fourth-order valence-corrected chi connectivity index (χ4v) is 1.97. The minimum Gasteiger partial charge on any atom is -0.461 e. The summed E-state index contributed by atoms with van der Waals surface area (Å²) in [5.74, 6) is -0.574. The molecule has 0 saturated carbocycles. The number of hydrogen-bond acceptors (Lipinski definition) is 5. The van der Waals surface area contributed by atoms with Gasteiger partial charge in [0, 0.05) is 5.02 Å². The van der Waals surface area contributed by atoms with E-state index in [0.29, 0.717) is 16.4 Å². The minimum atomic E-state index is -0.574. The average molecular weight is 299 g/mol. The number of anilines is 1. The molecular formula is C11H11ClN4O2S. The van der Waals surface area contributed by atoms with Crippen LogP contribution < -0.4 is 5.73 Å². The van der Waals surface area contributed by atoms with Crippen molar-refractivity contribution < 1.29 is 9.53 Å². The van der Waals surface area contributed by atoms with Gasteiger partial charge < -0.3 is 10.5 Å². The molecule has 0 spiro atoms. The summed E-state index contributed by atoms with van der Waals surface area (Å²) in [6, 6.07) is 4.93. The Morgan fingerprint density at radius 3 is 3.00 bits per heavy atom. The average Bonchev–Trinajstić information content (AvgIpc) is 2.72. The van der Waals surface area contributed by atoms with Gasteiger partial charge in [0.15, 0.2) is 4.64 Å². The van der Waals surface area contributed by atoms with E-state index in [-0.39, 0.29) is 16.9 Å². The van der Waals surface area contributed by atoms with E-state index >= 15 is 0 Å². The molecule has 2 aromatic rings. The number of carbonyl (C=O) groups is 1. The fraction of sp³-hybridized carbons (Fsp3) is 0.182. The van der Waals surface area contributed by atoms with Crippen LogP contribution in [0.3, 0.4) is 0 Å². The standard InChI is InChI=1S/C11H11ClN4O2S/c1-2-18-11(17)9-10(19)16(15-14-9)8-4-3-6(12)5-7(8)13/h3-5,15H,2,13H2,1H3. The predicted octanol–water partition coefficient (Wildman–Crippen LogP) is 2.34. The molecule has 0 aliphatic rings. The van der Waals surface area contributed by atoms with Crippen LogP contribution in [-0.4, -0.2) is 27.6 Å². The molecule has 0 unspecified atom stereocenters. The molecule has 0 fully saturated rings. The van der Waals surface area contributed by atoms with Crippen molar-refractivity contribution in [2.24, 2.45) is 0 Å². The van der Waals surface area contributed by atoms with Crippen LogP contribution in [0, 0.1) is 4.64 Å². The molecule has 0 bridgehead atoms. The van der Waals surface area contributed by atoms with Crippen LogP contribution in [0.15, 0.2) is 18.2 Å². The molecule has 8 heteroatoms. The Balaban J connectivity index is 2.48. The number of nitrogens with one attached hydrogen (secondary N) is 1. The van der Waals surface area contributed by atoms with E-state index in [2.05, 4.69) is 10.3 Å². The van der Waals surface area contributed by atoms with Crippen molar-refractivity contribution in [3.63, 3.8) is 0 Å². The molecular weight excluding hydrogens is 288 g/mol. The second kappa shape index (κ2) is 5.41. The minimum absolute atomic E-state index is 0.0474. The van der Waals surface area contributed by atoms with Crippen LogP contribution in [0.4, 0.5) is 5.69 Å². The van der Waals surface area contributed by atoms with Gasteiger partial charge in [-0.25, -0.2) is 14.7 Å². The first-order chi connectivity index (χ1) is 9.04. The molecule has 3 N–H and O–H groups in total. The Morgan fingerprint density at radius 1 is 1.63 bits per heavy atom. The van der Waals surface area contributed by atoms with E-state index < -0.39 is 5.97 Å². The first-order valence-corrected chi connectivity index (χ1v) is 6.23. The Hall–Kier alpha value is -1.86. The molecule has 0 aliphatic carbocycles. The predicted molar refractivity (Wildman–Crippen MR) is 74.1 cm³/mol.